The number of ether oxygens (including phenoxy) is 1. The Balaban J connectivity index is 1.54. The quantitative estimate of drug-likeness (QED) is 0.459. The molecule has 0 amide bonds. The Labute approximate surface area is 185 Å². The number of nitrogens with one attached hydrogen (secondary N) is 2. The van der Waals surface area contributed by atoms with Crippen LogP contribution in [0.2, 0.25) is 0 Å². The molecule has 0 atom stereocenters. The molecule has 2 N–H and O–H groups in total. The van der Waals surface area contributed by atoms with Gasteiger partial charge in [-0.3, -0.25) is 0 Å². The number of thiophene rings is 1. The number of fused-ring (bicyclic) bond motifs is 2. The number of carbonyl (C=O) groups excluding carboxylic acids is 1. The van der Waals surface area contributed by atoms with E-state index in [1.165, 1.54) is 47.6 Å². The van der Waals surface area contributed by atoms with Crippen LogP contribution >= 0.6 is 34.9 Å². The van der Waals surface area contributed by atoms with E-state index in [9.17, 15) is 4.79 Å². The van der Waals surface area contributed by atoms with E-state index in [2.05, 4.69) is 10.6 Å². The van der Waals surface area contributed by atoms with Crippen LogP contribution in [0.4, 0.5) is 10.1 Å². The molecule has 0 spiro atoms. The van der Waals surface area contributed by atoms with Gasteiger partial charge in [0, 0.05) is 9.75 Å². The summed E-state index contributed by atoms with van der Waals surface area (Å²) in [6.45, 7) is 2.22. The van der Waals surface area contributed by atoms with Gasteiger partial charge in [0.25, 0.3) is 0 Å². The van der Waals surface area contributed by atoms with Gasteiger partial charge in [0.1, 0.15) is 5.00 Å². The van der Waals surface area contributed by atoms with Crippen LogP contribution in [-0.4, -0.2) is 22.7 Å². The van der Waals surface area contributed by atoms with Crippen LogP contribution in [0.3, 0.4) is 0 Å². The number of thiocarbonyl (C=S) groups is 1. The largest absolute Gasteiger partial charge is 0.462 e. The number of anilines is 2. The minimum Gasteiger partial charge on any atom is -0.462 e. The van der Waals surface area contributed by atoms with Gasteiger partial charge in [-0.05, 0) is 76.1 Å². The fourth-order valence-electron chi connectivity index (χ4n) is 4.06. The summed E-state index contributed by atoms with van der Waals surface area (Å²) in [6, 6.07) is 0. The highest BCUT2D eigenvalue weighted by atomic mass is 32.1. The van der Waals surface area contributed by atoms with Crippen LogP contribution in [0, 0.1) is 0 Å². The smallest absolute Gasteiger partial charge is 0.341 e. The molecular formula is C21H27N3O2S3. The van der Waals surface area contributed by atoms with E-state index in [1.54, 1.807) is 22.7 Å². The molecule has 8 heteroatoms. The van der Waals surface area contributed by atoms with Crippen molar-refractivity contribution in [3.8, 4) is 0 Å². The average Bonchev–Trinajstić information content (AvgIpc) is 3.22. The van der Waals surface area contributed by atoms with Crippen molar-refractivity contribution in [1.82, 2.24) is 4.98 Å². The Kier molecular flexibility index (Phi) is 6.82. The second kappa shape index (κ2) is 9.53. The van der Waals surface area contributed by atoms with Crippen LogP contribution in [0.25, 0.3) is 0 Å². The molecule has 2 aromatic heterocycles. The fourth-order valence-corrected chi connectivity index (χ4v) is 6.73. The molecule has 2 aliphatic rings. The predicted octanol–water partition coefficient (Wildman–Crippen LogP) is 5.73. The van der Waals surface area contributed by atoms with Crippen molar-refractivity contribution in [2.45, 2.75) is 71.1 Å². The van der Waals surface area contributed by atoms with E-state index in [4.69, 9.17) is 21.9 Å². The highest BCUT2D eigenvalue weighted by Crippen LogP contribution is 2.38. The lowest BCUT2D eigenvalue weighted by Gasteiger charge is -2.12. The third-order valence-corrected chi connectivity index (χ3v) is 7.93. The van der Waals surface area contributed by atoms with E-state index in [0.717, 1.165) is 47.8 Å². The number of hydrogen-bond donors (Lipinski definition) is 2. The third kappa shape index (κ3) is 4.81. The number of nitrogens with zero attached hydrogens (tertiary/aromatic N) is 1. The van der Waals surface area contributed by atoms with E-state index in [0.29, 0.717) is 17.3 Å². The van der Waals surface area contributed by atoms with Crippen LogP contribution in [-0.2, 0) is 30.4 Å². The molecule has 0 bridgehead atoms. The summed E-state index contributed by atoms with van der Waals surface area (Å²) in [5.41, 5.74) is 3.04. The molecule has 0 aromatic carbocycles. The Morgan fingerprint density at radius 2 is 1.72 bits per heavy atom. The molecule has 29 heavy (non-hydrogen) atoms. The van der Waals surface area contributed by atoms with E-state index in [-0.39, 0.29) is 5.97 Å². The first-order chi connectivity index (χ1) is 14.2. The maximum absolute atomic E-state index is 12.7. The van der Waals surface area contributed by atoms with Crippen molar-refractivity contribution < 1.29 is 9.53 Å². The van der Waals surface area contributed by atoms with Gasteiger partial charge in [-0.1, -0.05) is 12.8 Å². The number of rotatable bonds is 4. The lowest BCUT2D eigenvalue weighted by atomic mass is 9.96. The van der Waals surface area contributed by atoms with E-state index in [1.807, 2.05) is 6.92 Å². The normalized spacial score (nSPS) is 16.2. The van der Waals surface area contributed by atoms with Crippen molar-refractivity contribution >= 4 is 56.1 Å². The van der Waals surface area contributed by atoms with E-state index >= 15 is 0 Å². The van der Waals surface area contributed by atoms with Gasteiger partial charge in [-0.25, -0.2) is 9.78 Å². The second-order valence-corrected chi connectivity index (χ2v) is 10.1. The maximum Gasteiger partial charge on any atom is 0.341 e. The van der Waals surface area contributed by atoms with E-state index < -0.39 is 0 Å². The van der Waals surface area contributed by atoms with Crippen molar-refractivity contribution in [2.75, 3.05) is 17.2 Å². The van der Waals surface area contributed by atoms with Gasteiger partial charge in [0.2, 0.25) is 0 Å². The summed E-state index contributed by atoms with van der Waals surface area (Å²) in [7, 11) is 0. The van der Waals surface area contributed by atoms with Gasteiger partial charge in [-0.15, -0.1) is 22.7 Å². The first-order valence-corrected chi connectivity index (χ1v) is 12.6. The minimum atomic E-state index is -0.249. The molecule has 0 saturated heterocycles. The number of carbonyl (C=O) groups is 1. The number of esters is 1. The zero-order chi connectivity index (χ0) is 20.2. The predicted molar refractivity (Wildman–Crippen MR) is 125 cm³/mol. The summed E-state index contributed by atoms with van der Waals surface area (Å²) in [5, 5.41) is 8.63. The zero-order valence-corrected chi connectivity index (χ0v) is 19.2. The lowest BCUT2D eigenvalue weighted by Crippen LogP contribution is -2.20. The van der Waals surface area contributed by atoms with Crippen molar-refractivity contribution in [3.05, 3.63) is 26.6 Å². The molecule has 0 radical (unpaired) electrons. The van der Waals surface area contributed by atoms with Crippen molar-refractivity contribution in [3.63, 3.8) is 0 Å². The third-order valence-electron chi connectivity index (χ3n) is 5.44. The summed E-state index contributed by atoms with van der Waals surface area (Å²) in [6.07, 6.45) is 11.3. The van der Waals surface area contributed by atoms with Gasteiger partial charge in [0.05, 0.1) is 17.9 Å². The van der Waals surface area contributed by atoms with Gasteiger partial charge in [-0.2, -0.15) is 0 Å². The van der Waals surface area contributed by atoms with Crippen molar-refractivity contribution in [1.29, 1.82) is 0 Å². The minimum absolute atomic E-state index is 0.249. The molecule has 4 rings (SSSR count). The highest BCUT2D eigenvalue weighted by molar-refractivity contribution is 7.80. The number of aromatic nitrogens is 1. The summed E-state index contributed by atoms with van der Waals surface area (Å²) >= 11 is 8.90. The highest BCUT2D eigenvalue weighted by Gasteiger charge is 2.26. The summed E-state index contributed by atoms with van der Waals surface area (Å²) < 4.78 is 5.37. The number of hydrogen-bond acceptors (Lipinski definition) is 6. The SMILES string of the molecule is CCOC(=O)c1c(NC(=S)Nc2nc3c(s2)CCCC3)sc2c1CCCCCC2. The number of aryl methyl sites for hydroxylation is 3. The van der Waals surface area contributed by atoms with Crippen LogP contribution in [0.1, 0.15) is 76.8 Å². The first kappa shape index (κ1) is 20.8. The Bertz CT molecular complexity index is 880. The lowest BCUT2D eigenvalue weighted by molar-refractivity contribution is 0.0526. The maximum atomic E-state index is 12.7. The standard InChI is InChI=1S/C21H27N3O2S3/c1-2-26-19(25)17-13-9-5-3-4-6-11-15(13)28-18(17)23-20(27)24-21-22-14-10-7-8-12-16(14)29-21/h2-12H2,1H3,(H2,22,23,24,27). The Morgan fingerprint density at radius 1 is 1.00 bits per heavy atom. The molecule has 5 nitrogen and oxygen atoms in total. The zero-order valence-electron chi connectivity index (χ0n) is 16.8. The average molecular weight is 450 g/mol. The molecule has 0 aliphatic heterocycles. The van der Waals surface area contributed by atoms with Gasteiger partial charge in [0.15, 0.2) is 10.2 Å². The van der Waals surface area contributed by atoms with Crippen LogP contribution in [0.15, 0.2) is 0 Å². The van der Waals surface area contributed by atoms with Crippen LogP contribution in [0.5, 0.6) is 0 Å². The van der Waals surface area contributed by atoms with Gasteiger partial charge < -0.3 is 15.4 Å². The molecule has 0 saturated carbocycles. The van der Waals surface area contributed by atoms with Crippen molar-refractivity contribution in [2.24, 2.45) is 0 Å². The second-order valence-electron chi connectivity index (χ2n) is 7.52. The molecule has 0 unspecified atom stereocenters. The summed E-state index contributed by atoms with van der Waals surface area (Å²) in [4.78, 5) is 20.1. The molecule has 2 heterocycles. The van der Waals surface area contributed by atoms with Crippen LogP contribution < -0.4 is 10.6 Å². The molecule has 2 aromatic rings. The summed E-state index contributed by atoms with van der Waals surface area (Å²) in [5.74, 6) is -0.249. The molecule has 2 aliphatic carbocycles. The monoisotopic (exact) mass is 449 g/mol. The molecular weight excluding hydrogens is 422 g/mol. The van der Waals surface area contributed by atoms with Gasteiger partial charge >= 0.3 is 5.97 Å². The Hall–Kier alpha value is -1.51. The topological polar surface area (TPSA) is 63.2 Å². The first-order valence-electron chi connectivity index (χ1n) is 10.5. The molecule has 0 fully saturated rings. The Morgan fingerprint density at radius 3 is 2.52 bits per heavy atom. The number of thiazole rings is 1. The molecule has 156 valence electrons. The fraction of sp³-hybridized carbons (Fsp3) is 0.571.